The summed E-state index contributed by atoms with van der Waals surface area (Å²) in [4.78, 5) is 14.0. The molecule has 4 nitrogen and oxygen atoms in total. The number of nitrogens with two attached hydrogens (primary N) is 1. The van der Waals surface area contributed by atoms with Gasteiger partial charge >= 0.3 is 0 Å². The van der Waals surface area contributed by atoms with Gasteiger partial charge in [0.1, 0.15) is 0 Å². The van der Waals surface area contributed by atoms with Crippen LogP contribution in [0.3, 0.4) is 0 Å². The SMILES string of the molecule is CCOCCCC(=O)N(CC)CCC(N)=S. The molecule has 0 fully saturated rings. The summed E-state index contributed by atoms with van der Waals surface area (Å²) in [5, 5.41) is 0. The highest BCUT2D eigenvalue weighted by atomic mass is 32.1. The molecule has 0 aliphatic rings. The predicted octanol–water partition coefficient (Wildman–Crippen LogP) is 1.33. The summed E-state index contributed by atoms with van der Waals surface area (Å²) < 4.78 is 5.18. The molecule has 94 valence electrons. The number of amides is 1. The van der Waals surface area contributed by atoms with E-state index >= 15 is 0 Å². The van der Waals surface area contributed by atoms with Gasteiger partial charge in [-0.05, 0) is 20.3 Å². The maximum atomic E-state index is 11.7. The summed E-state index contributed by atoms with van der Waals surface area (Å²) in [6.45, 7) is 6.58. The average molecular weight is 246 g/mol. The van der Waals surface area contributed by atoms with Crippen molar-refractivity contribution in [1.29, 1.82) is 0 Å². The third kappa shape index (κ3) is 7.59. The van der Waals surface area contributed by atoms with Gasteiger partial charge in [0.25, 0.3) is 0 Å². The Labute approximate surface area is 103 Å². The molecule has 0 aliphatic heterocycles. The smallest absolute Gasteiger partial charge is 0.222 e. The molecule has 0 atom stereocenters. The molecule has 0 aromatic rings. The third-order valence-corrected chi connectivity index (χ3v) is 2.45. The number of nitrogens with zero attached hydrogens (tertiary/aromatic N) is 1. The number of carbonyl (C=O) groups is 1. The van der Waals surface area contributed by atoms with E-state index in [1.54, 1.807) is 4.90 Å². The van der Waals surface area contributed by atoms with E-state index in [0.29, 0.717) is 44.1 Å². The Kier molecular flexibility index (Phi) is 9.13. The van der Waals surface area contributed by atoms with E-state index in [0.717, 1.165) is 6.42 Å². The van der Waals surface area contributed by atoms with Gasteiger partial charge in [-0.3, -0.25) is 4.79 Å². The minimum absolute atomic E-state index is 0.151. The van der Waals surface area contributed by atoms with E-state index in [4.69, 9.17) is 22.7 Å². The van der Waals surface area contributed by atoms with Gasteiger partial charge in [-0.25, -0.2) is 0 Å². The topological polar surface area (TPSA) is 55.6 Å². The van der Waals surface area contributed by atoms with Crippen LogP contribution in [0.2, 0.25) is 0 Å². The average Bonchev–Trinajstić information content (AvgIpc) is 2.25. The molecule has 0 spiro atoms. The molecule has 0 radical (unpaired) electrons. The molecular weight excluding hydrogens is 224 g/mol. The van der Waals surface area contributed by atoms with Crippen LogP contribution in [-0.2, 0) is 9.53 Å². The van der Waals surface area contributed by atoms with Gasteiger partial charge < -0.3 is 15.4 Å². The number of ether oxygens (including phenoxy) is 1. The van der Waals surface area contributed by atoms with Crippen molar-refractivity contribution in [1.82, 2.24) is 4.90 Å². The number of thiocarbonyl (C=S) groups is 1. The maximum absolute atomic E-state index is 11.7. The maximum Gasteiger partial charge on any atom is 0.222 e. The van der Waals surface area contributed by atoms with Crippen molar-refractivity contribution < 1.29 is 9.53 Å². The number of rotatable bonds is 9. The van der Waals surface area contributed by atoms with E-state index in [-0.39, 0.29) is 5.91 Å². The second-order valence-corrected chi connectivity index (χ2v) is 4.01. The first-order valence-corrected chi connectivity index (χ1v) is 6.16. The second-order valence-electron chi connectivity index (χ2n) is 3.49. The van der Waals surface area contributed by atoms with Crippen molar-refractivity contribution in [3.63, 3.8) is 0 Å². The number of hydrogen-bond donors (Lipinski definition) is 1. The molecular formula is C11H22N2O2S. The molecule has 2 N–H and O–H groups in total. The van der Waals surface area contributed by atoms with E-state index in [1.165, 1.54) is 0 Å². The van der Waals surface area contributed by atoms with Crippen molar-refractivity contribution in [2.45, 2.75) is 33.1 Å². The lowest BCUT2D eigenvalue weighted by Crippen LogP contribution is -2.33. The molecule has 0 aromatic carbocycles. The molecule has 0 aromatic heterocycles. The lowest BCUT2D eigenvalue weighted by Gasteiger charge is -2.20. The number of hydrogen-bond acceptors (Lipinski definition) is 3. The first-order chi connectivity index (χ1) is 7.61. The normalized spacial score (nSPS) is 10.1. The van der Waals surface area contributed by atoms with Crippen LogP contribution in [0.25, 0.3) is 0 Å². The van der Waals surface area contributed by atoms with Crippen molar-refractivity contribution in [2.75, 3.05) is 26.3 Å². The van der Waals surface area contributed by atoms with E-state index in [2.05, 4.69) is 0 Å². The first-order valence-electron chi connectivity index (χ1n) is 5.75. The summed E-state index contributed by atoms with van der Waals surface area (Å²) in [6, 6.07) is 0. The monoisotopic (exact) mass is 246 g/mol. The van der Waals surface area contributed by atoms with E-state index in [9.17, 15) is 4.79 Å². The Morgan fingerprint density at radius 3 is 2.56 bits per heavy atom. The molecule has 0 unspecified atom stereocenters. The molecule has 0 saturated heterocycles. The van der Waals surface area contributed by atoms with Gasteiger partial charge in [0.05, 0.1) is 4.99 Å². The fourth-order valence-electron chi connectivity index (χ4n) is 1.33. The summed E-state index contributed by atoms with van der Waals surface area (Å²) in [5.74, 6) is 0.151. The van der Waals surface area contributed by atoms with Crippen LogP contribution < -0.4 is 5.73 Å². The second kappa shape index (κ2) is 9.54. The van der Waals surface area contributed by atoms with E-state index < -0.39 is 0 Å². The van der Waals surface area contributed by atoms with Crippen molar-refractivity contribution >= 4 is 23.1 Å². The molecule has 1 amide bonds. The zero-order valence-electron chi connectivity index (χ0n) is 10.2. The van der Waals surface area contributed by atoms with Crippen LogP contribution in [0.15, 0.2) is 0 Å². The standard InChI is InChI=1S/C11H22N2O2S/c1-3-13(8-7-10(12)16)11(14)6-5-9-15-4-2/h3-9H2,1-2H3,(H2,12,16). The largest absolute Gasteiger partial charge is 0.393 e. The lowest BCUT2D eigenvalue weighted by molar-refractivity contribution is -0.131. The summed E-state index contributed by atoms with van der Waals surface area (Å²) >= 11 is 4.79. The third-order valence-electron chi connectivity index (χ3n) is 2.25. The fraction of sp³-hybridized carbons (Fsp3) is 0.818. The van der Waals surface area contributed by atoms with Crippen LogP contribution >= 0.6 is 12.2 Å². The minimum Gasteiger partial charge on any atom is -0.393 e. The molecule has 0 bridgehead atoms. The summed E-state index contributed by atoms with van der Waals surface area (Å²) in [7, 11) is 0. The molecule has 0 rings (SSSR count). The van der Waals surface area contributed by atoms with E-state index in [1.807, 2.05) is 13.8 Å². The first kappa shape index (κ1) is 15.3. The van der Waals surface area contributed by atoms with Crippen molar-refractivity contribution in [2.24, 2.45) is 5.73 Å². The van der Waals surface area contributed by atoms with Crippen LogP contribution in [0.5, 0.6) is 0 Å². The molecule has 0 saturated carbocycles. The number of carbonyl (C=O) groups excluding carboxylic acids is 1. The van der Waals surface area contributed by atoms with Crippen molar-refractivity contribution in [3.8, 4) is 0 Å². The summed E-state index contributed by atoms with van der Waals surface area (Å²) in [5.41, 5.74) is 5.41. The van der Waals surface area contributed by atoms with Gasteiger partial charge in [-0.1, -0.05) is 12.2 Å². The molecule has 5 heteroatoms. The molecule has 0 heterocycles. The Morgan fingerprint density at radius 2 is 2.06 bits per heavy atom. The Balaban J connectivity index is 3.77. The highest BCUT2D eigenvalue weighted by molar-refractivity contribution is 7.80. The van der Waals surface area contributed by atoms with Crippen LogP contribution in [0.4, 0.5) is 0 Å². The fourth-order valence-corrected chi connectivity index (χ4v) is 1.42. The Bertz CT molecular complexity index is 222. The Hall–Kier alpha value is -0.680. The molecule has 0 aliphatic carbocycles. The van der Waals surface area contributed by atoms with Crippen molar-refractivity contribution in [3.05, 3.63) is 0 Å². The highest BCUT2D eigenvalue weighted by Gasteiger charge is 2.10. The lowest BCUT2D eigenvalue weighted by atomic mass is 10.2. The zero-order chi connectivity index (χ0) is 12.4. The van der Waals surface area contributed by atoms with Gasteiger partial charge in [0.2, 0.25) is 5.91 Å². The predicted molar refractivity (Wildman–Crippen MR) is 69.4 cm³/mol. The van der Waals surface area contributed by atoms with Crippen LogP contribution in [0.1, 0.15) is 33.1 Å². The minimum atomic E-state index is 0.151. The molecule has 16 heavy (non-hydrogen) atoms. The van der Waals surface area contributed by atoms with Crippen LogP contribution in [-0.4, -0.2) is 42.1 Å². The van der Waals surface area contributed by atoms with Gasteiger partial charge in [0, 0.05) is 39.1 Å². The van der Waals surface area contributed by atoms with Crippen LogP contribution in [0, 0.1) is 0 Å². The highest BCUT2D eigenvalue weighted by Crippen LogP contribution is 2.00. The zero-order valence-corrected chi connectivity index (χ0v) is 11.0. The van der Waals surface area contributed by atoms with Gasteiger partial charge in [-0.15, -0.1) is 0 Å². The van der Waals surface area contributed by atoms with Gasteiger partial charge in [-0.2, -0.15) is 0 Å². The summed E-state index contributed by atoms with van der Waals surface area (Å²) in [6.07, 6.45) is 1.90. The Morgan fingerprint density at radius 1 is 1.38 bits per heavy atom. The quantitative estimate of drug-likeness (QED) is 0.492. The van der Waals surface area contributed by atoms with Gasteiger partial charge in [0.15, 0.2) is 0 Å².